The molecule has 0 saturated heterocycles. The predicted molar refractivity (Wildman–Crippen MR) is 52.2 cm³/mol. The molecule has 0 bridgehead atoms. The molecule has 0 aliphatic rings. The van der Waals surface area contributed by atoms with Crippen molar-refractivity contribution in [1.29, 1.82) is 0 Å². The summed E-state index contributed by atoms with van der Waals surface area (Å²) < 4.78 is 40.6. The first kappa shape index (κ1) is 11.7. The Labute approximate surface area is 86.1 Å². The molecule has 0 aromatic heterocycles. The quantitative estimate of drug-likeness (QED) is 0.840. The third kappa shape index (κ3) is 4.10. The number of rotatable bonds is 4. The van der Waals surface area contributed by atoms with E-state index in [1.807, 2.05) is 0 Å². The summed E-state index contributed by atoms with van der Waals surface area (Å²) in [5.74, 6) is 0.541. The van der Waals surface area contributed by atoms with E-state index in [1.165, 1.54) is 7.11 Å². The molecule has 0 spiro atoms. The maximum absolute atomic E-state index is 11.9. The van der Waals surface area contributed by atoms with Crippen LogP contribution in [0, 0.1) is 0 Å². The molecular weight excluding hydrogens is 207 g/mol. The minimum absolute atomic E-state index is 0.149. The summed E-state index contributed by atoms with van der Waals surface area (Å²) in [5.41, 5.74) is 0.573. The monoisotopic (exact) mass is 219 g/mol. The highest BCUT2D eigenvalue weighted by molar-refractivity contribution is 5.55. The van der Waals surface area contributed by atoms with Gasteiger partial charge in [0.2, 0.25) is 0 Å². The largest absolute Gasteiger partial charge is 0.495 e. The molecule has 0 unspecified atom stereocenters. The van der Waals surface area contributed by atoms with Crippen LogP contribution in [-0.2, 0) is 0 Å². The van der Waals surface area contributed by atoms with E-state index >= 15 is 0 Å². The van der Waals surface area contributed by atoms with Crippen molar-refractivity contribution in [2.75, 3.05) is 19.0 Å². The van der Waals surface area contributed by atoms with Crippen LogP contribution in [0.1, 0.15) is 6.42 Å². The summed E-state index contributed by atoms with van der Waals surface area (Å²) in [6.07, 6.45) is -4.99. The number of anilines is 1. The topological polar surface area (TPSA) is 21.3 Å². The third-order valence-electron chi connectivity index (χ3n) is 1.83. The van der Waals surface area contributed by atoms with Crippen LogP contribution in [0.4, 0.5) is 18.9 Å². The van der Waals surface area contributed by atoms with Crippen molar-refractivity contribution < 1.29 is 17.9 Å². The zero-order valence-corrected chi connectivity index (χ0v) is 8.27. The Morgan fingerprint density at radius 3 is 2.53 bits per heavy atom. The molecule has 15 heavy (non-hydrogen) atoms. The first-order valence-electron chi connectivity index (χ1n) is 4.46. The highest BCUT2D eigenvalue weighted by Gasteiger charge is 2.26. The lowest BCUT2D eigenvalue weighted by Crippen LogP contribution is -2.14. The Kier molecular flexibility index (Phi) is 3.82. The maximum Gasteiger partial charge on any atom is 0.390 e. The Morgan fingerprint density at radius 2 is 1.93 bits per heavy atom. The van der Waals surface area contributed by atoms with Crippen molar-refractivity contribution in [3.63, 3.8) is 0 Å². The summed E-state index contributed by atoms with van der Waals surface area (Å²) in [4.78, 5) is 0. The van der Waals surface area contributed by atoms with E-state index < -0.39 is 12.6 Å². The lowest BCUT2D eigenvalue weighted by atomic mass is 10.3. The molecule has 1 aromatic carbocycles. The van der Waals surface area contributed by atoms with Crippen LogP contribution in [0.15, 0.2) is 24.3 Å². The molecule has 84 valence electrons. The van der Waals surface area contributed by atoms with E-state index in [-0.39, 0.29) is 6.54 Å². The molecule has 1 aromatic rings. The van der Waals surface area contributed by atoms with Gasteiger partial charge >= 0.3 is 6.18 Å². The van der Waals surface area contributed by atoms with Crippen LogP contribution >= 0.6 is 0 Å². The SMILES string of the molecule is COc1ccccc1NCCC(F)(F)F. The molecule has 0 aliphatic carbocycles. The number of alkyl halides is 3. The number of hydrogen-bond acceptors (Lipinski definition) is 2. The average Bonchev–Trinajstić information content (AvgIpc) is 2.16. The minimum Gasteiger partial charge on any atom is -0.495 e. The van der Waals surface area contributed by atoms with Gasteiger partial charge in [-0.25, -0.2) is 0 Å². The number of para-hydroxylation sites is 2. The zero-order chi connectivity index (χ0) is 11.3. The summed E-state index contributed by atoms with van der Waals surface area (Å²) in [6, 6.07) is 6.86. The van der Waals surface area contributed by atoms with Gasteiger partial charge in [0.25, 0.3) is 0 Å². The van der Waals surface area contributed by atoms with Gasteiger partial charge in [-0.1, -0.05) is 12.1 Å². The van der Waals surface area contributed by atoms with Crippen LogP contribution in [0.3, 0.4) is 0 Å². The van der Waals surface area contributed by atoms with E-state index in [9.17, 15) is 13.2 Å². The second kappa shape index (κ2) is 4.91. The molecule has 0 radical (unpaired) electrons. The summed E-state index contributed by atoms with van der Waals surface area (Å²) in [6.45, 7) is -0.149. The van der Waals surface area contributed by atoms with Gasteiger partial charge < -0.3 is 10.1 Å². The standard InChI is InChI=1S/C10H12F3NO/c1-15-9-5-3-2-4-8(9)14-7-6-10(11,12)13/h2-5,14H,6-7H2,1H3. The van der Waals surface area contributed by atoms with Gasteiger partial charge in [-0.05, 0) is 12.1 Å². The molecule has 0 heterocycles. The van der Waals surface area contributed by atoms with Crippen LogP contribution in [0.2, 0.25) is 0 Å². The van der Waals surface area contributed by atoms with Crippen molar-refractivity contribution in [1.82, 2.24) is 0 Å². The van der Waals surface area contributed by atoms with Crippen molar-refractivity contribution >= 4 is 5.69 Å². The molecular formula is C10H12F3NO. The first-order chi connectivity index (χ1) is 7.03. The Hall–Kier alpha value is -1.39. The van der Waals surface area contributed by atoms with Crippen LogP contribution in [-0.4, -0.2) is 19.8 Å². The zero-order valence-electron chi connectivity index (χ0n) is 8.27. The lowest BCUT2D eigenvalue weighted by molar-refractivity contribution is -0.131. The van der Waals surface area contributed by atoms with Crippen molar-refractivity contribution in [2.45, 2.75) is 12.6 Å². The van der Waals surface area contributed by atoms with Gasteiger partial charge in [0.15, 0.2) is 0 Å². The lowest BCUT2D eigenvalue weighted by Gasteiger charge is -2.11. The van der Waals surface area contributed by atoms with Gasteiger partial charge in [0.05, 0.1) is 19.2 Å². The van der Waals surface area contributed by atoms with E-state index in [1.54, 1.807) is 24.3 Å². The van der Waals surface area contributed by atoms with E-state index in [0.29, 0.717) is 11.4 Å². The van der Waals surface area contributed by atoms with Crippen LogP contribution in [0.5, 0.6) is 5.75 Å². The third-order valence-corrected chi connectivity index (χ3v) is 1.83. The number of benzene rings is 1. The van der Waals surface area contributed by atoms with Gasteiger partial charge in [-0.3, -0.25) is 0 Å². The molecule has 0 fully saturated rings. The molecule has 2 nitrogen and oxygen atoms in total. The van der Waals surface area contributed by atoms with Gasteiger partial charge in [0.1, 0.15) is 5.75 Å². The fourth-order valence-corrected chi connectivity index (χ4v) is 1.13. The fourth-order valence-electron chi connectivity index (χ4n) is 1.13. The summed E-state index contributed by atoms with van der Waals surface area (Å²) in [7, 11) is 1.48. The second-order valence-electron chi connectivity index (χ2n) is 2.99. The van der Waals surface area contributed by atoms with Gasteiger partial charge in [-0.15, -0.1) is 0 Å². The molecule has 1 rings (SSSR count). The van der Waals surface area contributed by atoms with Gasteiger partial charge in [0, 0.05) is 6.54 Å². The Balaban J connectivity index is 2.50. The van der Waals surface area contributed by atoms with Crippen molar-refractivity contribution in [2.24, 2.45) is 0 Å². The highest BCUT2D eigenvalue weighted by atomic mass is 19.4. The normalized spacial score (nSPS) is 11.2. The molecule has 0 atom stereocenters. The second-order valence-corrected chi connectivity index (χ2v) is 2.99. The maximum atomic E-state index is 11.9. The predicted octanol–water partition coefficient (Wildman–Crippen LogP) is 3.06. The highest BCUT2D eigenvalue weighted by Crippen LogP contribution is 2.24. The van der Waals surface area contributed by atoms with Crippen molar-refractivity contribution in [3.8, 4) is 5.75 Å². The fraction of sp³-hybridized carbons (Fsp3) is 0.400. The van der Waals surface area contributed by atoms with E-state index in [0.717, 1.165) is 0 Å². The molecule has 0 saturated carbocycles. The van der Waals surface area contributed by atoms with E-state index in [4.69, 9.17) is 4.74 Å². The summed E-state index contributed by atoms with van der Waals surface area (Å²) >= 11 is 0. The van der Waals surface area contributed by atoms with E-state index in [2.05, 4.69) is 5.32 Å². The number of nitrogens with one attached hydrogen (secondary N) is 1. The number of hydrogen-bond donors (Lipinski definition) is 1. The molecule has 0 amide bonds. The number of halogens is 3. The number of ether oxygens (including phenoxy) is 1. The van der Waals surface area contributed by atoms with Crippen LogP contribution < -0.4 is 10.1 Å². The smallest absolute Gasteiger partial charge is 0.390 e. The first-order valence-corrected chi connectivity index (χ1v) is 4.46. The molecule has 0 aliphatic heterocycles. The van der Waals surface area contributed by atoms with Gasteiger partial charge in [-0.2, -0.15) is 13.2 Å². The molecule has 1 N–H and O–H groups in total. The molecule has 5 heteroatoms. The Bertz CT molecular complexity index is 312. The van der Waals surface area contributed by atoms with Crippen LogP contribution in [0.25, 0.3) is 0 Å². The Morgan fingerprint density at radius 1 is 1.27 bits per heavy atom. The minimum atomic E-state index is -4.13. The average molecular weight is 219 g/mol. The summed E-state index contributed by atoms with van der Waals surface area (Å²) in [5, 5.41) is 2.68. The van der Waals surface area contributed by atoms with Crippen molar-refractivity contribution in [3.05, 3.63) is 24.3 Å². The number of methoxy groups -OCH3 is 1.